The smallest absolute Gasteiger partial charge is 0.127 e. The van der Waals surface area contributed by atoms with Crippen molar-refractivity contribution < 1.29 is 0 Å². The van der Waals surface area contributed by atoms with Crippen LogP contribution in [-0.2, 0) is 13.0 Å². The summed E-state index contributed by atoms with van der Waals surface area (Å²) in [6.07, 6.45) is 4.46. The summed E-state index contributed by atoms with van der Waals surface area (Å²) in [7, 11) is 0. The van der Waals surface area contributed by atoms with Crippen molar-refractivity contribution in [1.29, 1.82) is 0 Å². The van der Waals surface area contributed by atoms with Gasteiger partial charge in [0, 0.05) is 30.2 Å². The molecule has 3 aromatic rings. The number of aromatic nitrogens is 4. The first-order valence-electron chi connectivity index (χ1n) is 6.50. The Hall–Kier alpha value is -1.46. The Kier molecular flexibility index (Phi) is 3.72. The van der Waals surface area contributed by atoms with Crippen molar-refractivity contribution >= 4 is 34.0 Å². The summed E-state index contributed by atoms with van der Waals surface area (Å²) in [6.45, 7) is 4.80. The molecule has 0 fully saturated rings. The van der Waals surface area contributed by atoms with Gasteiger partial charge in [-0.3, -0.25) is 4.98 Å². The predicted octanol–water partition coefficient (Wildman–Crippen LogP) is 3.74. The molecule has 0 amide bonds. The Balaban J connectivity index is 1.94. The number of imidazole rings is 1. The van der Waals surface area contributed by atoms with Gasteiger partial charge in [-0.2, -0.15) is 0 Å². The molecule has 0 N–H and O–H groups in total. The first-order chi connectivity index (χ1) is 9.65. The molecule has 0 aliphatic rings. The van der Waals surface area contributed by atoms with Crippen LogP contribution < -0.4 is 0 Å². The number of hydrogen-bond acceptors (Lipinski definition) is 4. The lowest BCUT2D eigenvalue weighted by Gasteiger charge is -2.09. The highest BCUT2D eigenvalue weighted by molar-refractivity contribution is 7.09. The zero-order valence-electron chi connectivity index (χ0n) is 11.4. The van der Waals surface area contributed by atoms with Crippen molar-refractivity contribution in [3.05, 3.63) is 40.4 Å². The first kappa shape index (κ1) is 13.5. The van der Waals surface area contributed by atoms with E-state index >= 15 is 0 Å². The van der Waals surface area contributed by atoms with E-state index in [1.54, 1.807) is 23.7 Å². The summed E-state index contributed by atoms with van der Waals surface area (Å²) >= 11 is 7.95. The minimum absolute atomic E-state index is 0.125. The maximum Gasteiger partial charge on any atom is 0.127 e. The van der Waals surface area contributed by atoms with Gasteiger partial charge in [0.1, 0.15) is 11.3 Å². The number of pyridine rings is 1. The van der Waals surface area contributed by atoms with E-state index in [9.17, 15) is 0 Å². The number of halogens is 1. The third kappa shape index (κ3) is 2.55. The molecule has 1 unspecified atom stereocenters. The van der Waals surface area contributed by atoms with E-state index in [4.69, 9.17) is 11.6 Å². The van der Waals surface area contributed by atoms with E-state index in [2.05, 4.69) is 24.9 Å². The summed E-state index contributed by atoms with van der Waals surface area (Å²) < 4.78 is 2.17. The molecule has 0 aromatic carbocycles. The molecule has 0 aliphatic carbocycles. The zero-order chi connectivity index (χ0) is 14.1. The Morgan fingerprint density at radius 1 is 1.40 bits per heavy atom. The van der Waals surface area contributed by atoms with Gasteiger partial charge in [-0.25, -0.2) is 9.97 Å². The Labute approximate surface area is 126 Å². The van der Waals surface area contributed by atoms with Crippen LogP contribution in [0.2, 0.25) is 0 Å². The minimum Gasteiger partial charge on any atom is -0.326 e. The van der Waals surface area contributed by atoms with Gasteiger partial charge in [0.15, 0.2) is 0 Å². The average molecular weight is 307 g/mol. The lowest BCUT2D eigenvalue weighted by molar-refractivity contribution is 0.665. The molecular formula is C14H15ClN4S. The number of fused-ring (bicyclic) bond motifs is 1. The van der Waals surface area contributed by atoms with E-state index in [0.29, 0.717) is 0 Å². The van der Waals surface area contributed by atoms with Gasteiger partial charge in [0.25, 0.3) is 0 Å². The topological polar surface area (TPSA) is 43.6 Å². The van der Waals surface area contributed by atoms with Crippen molar-refractivity contribution in [2.24, 2.45) is 0 Å². The largest absolute Gasteiger partial charge is 0.326 e. The molecule has 104 valence electrons. The van der Waals surface area contributed by atoms with Crippen LogP contribution in [0.25, 0.3) is 11.0 Å². The molecule has 0 radical (unpaired) electrons. The maximum atomic E-state index is 6.25. The molecule has 0 saturated carbocycles. The number of rotatable bonds is 4. The van der Waals surface area contributed by atoms with E-state index in [1.807, 2.05) is 19.9 Å². The molecule has 3 aromatic heterocycles. The standard InChI is InChI=1S/C14H15ClN4S/c1-9-8-20-13(17-9)4-6-19-12-3-5-16-7-11(12)18-14(19)10(2)15/h3,5,7-8,10H,4,6H2,1-2H3. The summed E-state index contributed by atoms with van der Waals surface area (Å²) in [5.41, 5.74) is 3.05. The fourth-order valence-electron chi connectivity index (χ4n) is 2.26. The Morgan fingerprint density at radius 2 is 2.25 bits per heavy atom. The molecule has 0 spiro atoms. The summed E-state index contributed by atoms with van der Waals surface area (Å²) in [4.78, 5) is 13.2. The summed E-state index contributed by atoms with van der Waals surface area (Å²) in [6, 6.07) is 1.98. The van der Waals surface area contributed by atoms with Crippen LogP contribution in [0.3, 0.4) is 0 Å². The van der Waals surface area contributed by atoms with Crippen LogP contribution in [0.1, 0.15) is 28.8 Å². The number of nitrogens with zero attached hydrogens (tertiary/aromatic N) is 4. The van der Waals surface area contributed by atoms with Gasteiger partial charge < -0.3 is 4.57 Å². The zero-order valence-corrected chi connectivity index (χ0v) is 12.9. The molecule has 1 atom stereocenters. The molecule has 6 heteroatoms. The van der Waals surface area contributed by atoms with Crippen LogP contribution in [-0.4, -0.2) is 19.5 Å². The highest BCUT2D eigenvalue weighted by atomic mass is 35.5. The van der Waals surface area contributed by atoms with Crippen LogP contribution in [0, 0.1) is 6.92 Å². The lowest BCUT2D eigenvalue weighted by atomic mass is 10.3. The normalized spacial score (nSPS) is 12.9. The van der Waals surface area contributed by atoms with Gasteiger partial charge >= 0.3 is 0 Å². The molecule has 3 heterocycles. The predicted molar refractivity (Wildman–Crippen MR) is 82.4 cm³/mol. The van der Waals surface area contributed by atoms with Gasteiger partial charge in [0.2, 0.25) is 0 Å². The second kappa shape index (κ2) is 5.50. The molecule has 0 saturated heterocycles. The molecule has 4 nitrogen and oxygen atoms in total. The van der Waals surface area contributed by atoms with Crippen LogP contribution in [0.15, 0.2) is 23.8 Å². The van der Waals surface area contributed by atoms with Crippen molar-refractivity contribution in [3.8, 4) is 0 Å². The number of thiazole rings is 1. The third-order valence-electron chi connectivity index (χ3n) is 3.15. The third-order valence-corrected chi connectivity index (χ3v) is 4.37. The first-order valence-corrected chi connectivity index (χ1v) is 7.82. The fourth-order valence-corrected chi connectivity index (χ4v) is 3.20. The highest BCUT2D eigenvalue weighted by Gasteiger charge is 2.15. The molecule has 0 bridgehead atoms. The molecule has 3 rings (SSSR count). The maximum absolute atomic E-state index is 6.25. The van der Waals surface area contributed by atoms with Crippen molar-refractivity contribution in [2.45, 2.75) is 32.2 Å². The average Bonchev–Trinajstić information content (AvgIpc) is 3.00. The molecule has 0 aliphatic heterocycles. The van der Waals surface area contributed by atoms with Crippen molar-refractivity contribution in [1.82, 2.24) is 19.5 Å². The summed E-state index contributed by atoms with van der Waals surface area (Å²) in [5, 5.41) is 3.10. The second-order valence-corrected chi connectivity index (χ2v) is 6.33. The van der Waals surface area contributed by atoms with Gasteiger partial charge in [-0.15, -0.1) is 22.9 Å². The fraction of sp³-hybridized carbons (Fsp3) is 0.357. The van der Waals surface area contributed by atoms with Gasteiger partial charge in [0.05, 0.1) is 22.1 Å². The minimum atomic E-state index is -0.125. The highest BCUT2D eigenvalue weighted by Crippen LogP contribution is 2.24. The molecule has 20 heavy (non-hydrogen) atoms. The number of aryl methyl sites for hydroxylation is 3. The van der Waals surface area contributed by atoms with E-state index in [1.165, 1.54) is 0 Å². The lowest BCUT2D eigenvalue weighted by Crippen LogP contribution is -2.06. The van der Waals surface area contributed by atoms with Crippen molar-refractivity contribution in [2.75, 3.05) is 0 Å². The van der Waals surface area contributed by atoms with Crippen LogP contribution in [0.4, 0.5) is 0 Å². The SMILES string of the molecule is Cc1csc(CCn2c(C(C)Cl)nc3cnccc32)n1. The second-order valence-electron chi connectivity index (χ2n) is 4.73. The van der Waals surface area contributed by atoms with Crippen LogP contribution >= 0.6 is 22.9 Å². The Morgan fingerprint density at radius 3 is 2.95 bits per heavy atom. The Bertz CT molecular complexity index is 732. The molecular weight excluding hydrogens is 292 g/mol. The summed E-state index contributed by atoms with van der Waals surface area (Å²) in [5.74, 6) is 0.892. The number of alkyl halides is 1. The number of hydrogen-bond donors (Lipinski definition) is 0. The monoisotopic (exact) mass is 306 g/mol. The van der Waals surface area contributed by atoms with Gasteiger partial charge in [-0.05, 0) is 19.9 Å². The van der Waals surface area contributed by atoms with E-state index in [-0.39, 0.29) is 5.38 Å². The van der Waals surface area contributed by atoms with Gasteiger partial charge in [-0.1, -0.05) is 0 Å². The van der Waals surface area contributed by atoms with E-state index < -0.39 is 0 Å². The quantitative estimate of drug-likeness (QED) is 0.690. The van der Waals surface area contributed by atoms with Crippen LogP contribution in [0.5, 0.6) is 0 Å². The van der Waals surface area contributed by atoms with E-state index in [0.717, 1.165) is 40.5 Å². The van der Waals surface area contributed by atoms with Crippen molar-refractivity contribution in [3.63, 3.8) is 0 Å².